The van der Waals surface area contributed by atoms with E-state index in [-0.39, 0.29) is 6.61 Å². The molecule has 8 heteroatoms. The Morgan fingerprint density at radius 1 is 1.23 bits per heavy atom. The highest BCUT2D eigenvalue weighted by atomic mass is 79.9. The zero-order valence-electron chi connectivity index (χ0n) is 14.7. The summed E-state index contributed by atoms with van der Waals surface area (Å²) < 4.78 is 13.1. The number of hydrogen-bond acceptors (Lipinski definition) is 4. The number of carbonyl (C=O) groups is 2. The van der Waals surface area contributed by atoms with Gasteiger partial charge in [0.1, 0.15) is 5.69 Å². The molecule has 0 aliphatic rings. The van der Waals surface area contributed by atoms with Gasteiger partial charge in [0, 0.05) is 17.7 Å². The maximum Gasteiger partial charge on any atom is 0.286 e. The SMILES string of the molecule is C/C=C/c1ccc(OCC(=O)NNC(=O)c2cc(Br)cn2C)c(OC)c1. The number of nitrogens with one attached hydrogen (secondary N) is 2. The van der Waals surface area contributed by atoms with E-state index in [1.165, 1.54) is 7.11 Å². The van der Waals surface area contributed by atoms with Crippen LogP contribution in [-0.2, 0) is 11.8 Å². The summed E-state index contributed by atoms with van der Waals surface area (Å²) in [5.41, 5.74) is 6.02. The van der Waals surface area contributed by atoms with E-state index in [2.05, 4.69) is 26.8 Å². The Morgan fingerprint density at radius 3 is 2.62 bits per heavy atom. The van der Waals surface area contributed by atoms with Gasteiger partial charge in [0.05, 0.1) is 7.11 Å². The highest BCUT2D eigenvalue weighted by molar-refractivity contribution is 9.10. The number of amides is 2. The number of hydrazine groups is 1. The van der Waals surface area contributed by atoms with Gasteiger partial charge >= 0.3 is 0 Å². The molecule has 0 aliphatic heterocycles. The quantitative estimate of drug-likeness (QED) is 0.702. The Kier molecular flexibility index (Phi) is 6.85. The molecule has 2 amide bonds. The molecule has 0 saturated heterocycles. The summed E-state index contributed by atoms with van der Waals surface area (Å²) in [7, 11) is 3.26. The Hall–Kier alpha value is -2.74. The molecule has 0 bridgehead atoms. The van der Waals surface area contributed by atoms with Gasteiger partial charge < -0.3 is 14.0 Å². The van der Waals surface area contributed by atoms with Crippen molar-refractivity contribution in [2.24, 2.45) is 7.05 Å². The van der Waals surface area contributed by atoms with Crippen LogP contribution in [0, 0.1) is 0 Å². The average Bonchev–Trinajstić information content (AvgIpc) is 2.97. The molecule has 0 radical (unpaired) electrons. The Labute approximate surface area is 160 Å². The monoisotopic (exact) mass is 421 g/mol. The molecule has 0 saturated carbocycles. The van der Waals surface area contributed by atoms with Gasteiger partial charge in [-0.25, -0.2) is 0 Å². The molecule has 2 rings (SSSR count). The first-order valence-corrected chi connectivity index (χ1v) is 8.58. The smallest absolute Gasteiger partial charge is 0.286 e. The summed E-state index contributed by atoms with van der Waals surface area (Å²) in [6, 6.07) is 7.03. The van der Waals surface area contributed by atoms with E-state index in [0.29, 0.717) is 17.2 Å². The third-order valence-electron chi connectivity index (χ3n) is 3.43. The van der Waals surface area contributed by atoms with Crippen molar-refractivity contribution < 1.29 is 19.1 Å². The molecule has 0 fully saturated rings. The number of benzene rings is 1. The predicted molar refractivity (Wildman–Crippen MR) is 102 cm³/mol. The predicted octanol–water partition coefficient (Wildman–Crippen LogP) is 2.67. The van der Waals surface area contributed by atoms with Gasteiger partial charge in [-0.05, 0) is 46.6 Å². The molecule has 2 aromatic rings. The first-order chi connectivity index (χ1) is 12.4. The Balaban J connectivity index is 1.89. The number of ether oxygens (including phenoxy) is 2. The Morgan fingerprint density at radius 2 is 2.00 bits per heavy atom. The van der Waals surface area contributed by atoms with Gasteiger partial charge in [-0.2, -0.15) is 0 Å². The van der Waals surface area contributed by atoms with Crippen LogP contribution in [0.3, 0.4) is 0 Å². The second-order valence-electron chi connectivity index (χ2n) is 5.36. The molecule has 26 heavy (non-hydrogen) atoms. The van der Waals surface area contributed by atoms with Gasteiger partial charge in [0.2, 0.25) is 0 Å². The number of methoxy groups -OCH3 is 1. The molecular formula is C18H20BrN3O4. The average molecular weight is 422 g/mol. The van der Waals surface area contributed by atoms with Crippen LogP contribution >= 0.6 is 15.9 Å². The van der Waals surface area contributed by atoms with E-state index in [1.807, 2.05) is 31.2 Å². The first kappa shape index (κ1) is 19.6. The zero-order chi connectivity index (χ0) is 19.1. The van der Waals surface area contributed by atoms with Crippen LogP contribution in [0.25, 0.3) is 6.08 Å². The minimum atomic E-state index is -0.494. The summed E-state index contributed by atoms with van der Waals surface area (Å²) in [5.74, 6) is 0.0331. The molecule has 138 valence electrons. The maximum atomic E-state index is 12.0. The Bertz CT molecular complexity index is 830. The fourth-order valence-corrected chi connectivity index (χ4v) is 2.74. The van der Waals surface area contributed by atoms with E-state index in [1.54, 1.807) is 29.9 Å². The summed E-state index contributed by atoms with van der Waals surface area (Å²) in [4.78, 5) is 23.9. The number of aryl methyl sites for hydroxylation is 1. The van der Waals surface area contributed by atoms with E-state index in [4.69, 9.17) is 9.47 Å². The fraction of sp³-hybridized carbons (Fsp3) is 0.222. The van der Waals surface area contributed by atoms with Crippen LogP contribution in [0.1, 0.15) is 23.0 Å². The molecule has 1 aromatic heterocycles. The van der Waals surface area contributed by atoms with Gasteiger partial charge in [0.15, 0.2) is 18.1 Å². The summed E-state index contributed by atoms with van der Waals surface area (Å²) in [5, 5.41) is 0. The number of rotatable bonds is 6. The lowest BCUT2D eigenvalue weighted by molar-refractivity contribution is -0.123. The third kappa shape index (κ3) is 5.13. The molecular weight excluding hydrogens is 402 g/mol. The summed E-state index contributed by atoms with van der Waals surface area (Å²) >= 11 is 3.29. The molecule has 0 aliphatic carbocycles. The highest BCUT2D eigenvalue weighted by Gasteiger charge is 2.13. The van der Waals surface area contributed by atoms with Crippen molar-refractivity contribution in [3.05, 3.63) is 52.3 Å². The van der Waals surface area contributed by atoms with Gasteiger partial charge in [-0.1, -0.05) is 18.2 Å². The van der Waals surface area contributed by atoms with Crippen LogP contribution in [-0.4, -0.2) is 30.1 Å². The third-order valence-corrected chi connectivity index (χ3v) is 3.86. The van der Waals surface area contributed by atoms with Gasteiger partial charge in [-0.15, -0.1) is 0 Å². The van der Waals surface area contributed by atoms with Gasteiger partial charge in [0.25, 0.3) is 11.8 Å². The van der Waals surface area contributed by atoms with Crippen molar-refractivity contribution in [2.75, 3.05) is 13.7 Å². The van der Waals surface area contributed by atoms with E-state index < -0.39 is 11.8 Å². The molecule has 1 heterocycles. The molecule has 1 aromatic carbocycles. The number of allylic oxidation sites excluding steroid dienone is 1. The second kappa shape index (κ2) is 9.10. The summed E-state index contributed by atoms with van der Waals surface area (Å²) in [6.07, 6.45) is 5.58. The van der Waals surface area contributed by atoms with Crippen LogP contribution in [0.2, 0.25) is 0 Å². The van der Waals surface area contributed by atoms with Gasteiger partial charge in [-0.3, -0.25) is 20.4 Å². The normalized spacial score (nSPS) is 10.6. The minimum absolute atomic E-state index is 0.267. The van der Waals surface area contributed by atoms with Crippen molar-refractivity contribution >= 4 is 33.8 Å². The number of hydrogen-bond donors (Lipinski definition) is 2. The zero-order valence-corrected chi connectivity index (χ0v) is 16.3. The standard InChI is InChI=1S/C18H20BrN3O4/c1-4-5-12-6-7-15(16(8-12)25-3)26-11-17(23)20-21-18(24)14-9-13(19)10-22(14)2/h4-10H,11H2,1-3H3,(H,20,23)(H,21,24)/b5-4+. The first-order valence-electron chi connectivity index (χ1n) is 7.79. The number of carbonyl (C=O) groups excluding carboxylic acids is 2. The summed E-state index contributed by atoms with van der Waals surface area (Å²) in [6.45, 7) is 1.65. The van der Waals surface area contributed by atoms with Crippen LogP contribution < -0.4 is 20.3 Å². The van der Waals surface area contributed by atoms with Crippen LogP contribution in [0.4, 0.5) is 0 Å². The fourth-order valence-electron chi connectivity index (χ4n) is 2.22. The van der Waals surface area contributed by atoms with E-state index in [9.17, 15) is 9.59 Å². The molecule has 0 spiro atoms. The molecule has 2 N–H and O–H groups in total. The van der Waals surface area contributed by atoms with Crippen LogP contribution in [0.15, 0.2) is 41.0 Å². The minimum Gasteiger partial charge on any atom is -0.493 e. The van der Waals surface area contributed by atoms with E-state index >= 15 is 0 Å². The van der Waals surface area contributed by atoms with Crippen molar-refractivity contribution in [1.82, 2.24) is 15.4 Å². The van der Waals surface area contributed by atoms with Crippen LogP contribution in [0.5, 0.6) is 11.5 Å². The number of halogens is 1. The second-order valence-corrected chi connectivity index (χ2v) is 6.27. The largest absolute Gasteiger partial charge is 0.493 e. The highest BCUT2D eigenvalue weighted by Crippen LogP contribution is 2.28. The van der Waals surface area contributed by atoms with Crippen molar-refractivity contribution in [2.45, 2.75) is 6.92 Å². The van der Waals surface area contributed by atoms with Crippen molar-refractivity contribution in [1.29, 1.82) is 0 Å². The lowest BCUT2D eigenvalue weighted by Gasteiger charge is -2.12. The lowest BCUT2D eigenvalue weighted by atomic mass is 10.2. The van der Waals surface area contributed by atoms with Crippen molar-refractivity contribution in [3.8, 4) is 11.5 Å². The molecule has 7 nitrogen and oxygen atoms in total. The lowest BCUT2D eigenvalue weighted by Crippen LogP contribution is -2.44. The maximum absolute atomic E-state index is 12.0. The molecule has 0 unspecified atom stereocenters. The topological polar surface area (TPSA) is 81.6 Å². The molecule has 0 atom stereocenters. The number of aromatic nitrogens is 1. The number of nitrogens with zero attached hydrogens (tertiary/aromatic N) is 1. The van der Waals surface area contributed by atoms with Crippen molar-refractivity contribution in [3.63, 3.8) is 0 Å². The van der Waals surface area contributed by atoms with E-state index in [0.717, 1.165) is 10.0 Å².